The van der Waals surface area contributed by atoms with Crippen LogP contribution in [-0.4, -0.2) is 35.4 Å². The van der Waals surface area contributed by atoms with Gasteiger partial charge in [-0.05, 0) is 56.3 Å². The highest BCUT2D eigenvalue weighted by atomic mass is 16.5. The number of carbonyl (C=O) groups is 1. The van der Waals surface area contributed by atoms with E-state index in [1.807, 2.05) is 19.1 Å². The fraction of sp³-hybridized carbons (Fsp3) is 0.286. The highest BCUT2D eigenvalue weighted by Crippen LogP contribution is 2.18. The van der Waals surface area contributed by atoms with Crippen molar-refractivity contribution in [2.45, 2.75) is 19.9 Å². The standard InChI is InChI=1S/C21H23N3O5/c1-3-27-16-6-8-17(9-7-16)28-14-12-22-21(26)15(2)24-20(25)11-10-18(23-24)19-5-4-13-29-19/h4-11,13,15H,3,12,14H2,1-2H3,(H,22,26). The van der Waals surface area contributed by atoms with Gasteiger partial charge in [0.2, 0.25) is 5.91 Å². The van der Waals surface area contributed by atoms with Crippen molar-refractivity contribution >= 4 is 5.91 Å². The molecule has 3 aromatic rings. The fourth-order valence-corrected chi connectivity index (χ4v) is 2.66. The first-order chi connectivity index (χ1) is 14.1. The fourth-order valence-electron chi connectivity index (χ4n) is 2.66. The van der Waals surface area contributed by atoms with Crippen LogP contribution >= 0.6 is 0 Å². The van der Waals surface area contributed by atoms with Crippen molar-refractivity contribution in [3.05, 3.63) is 65.1 Å². The number of aromatic nitrogens is 2. The number of benzene rings is 1. The Morgan fingerprint density at radius 3 is 2.52 bits per heavy atom. The van der Waals surface area contributed by atoms with E-state index in [1.165, 1.54) is 12.3 Å². The molecule has 2 heterocycles. The Labute approximate surface area is 168 Å². The predicted molar refractivity (Wildman–Crippen MR) is 107 cm³/mol. The van der Waals surface area contributed by atoms with Crippen LogP contribution in [0.2, 0.25) is 0 Å². The van der Waals surface area contributed by atoms with Crippen LogP contribution in [0.1, 0.15) is 19.9 Å². The van der Waals surface area contributed by atoms with E-state index >= 15 is 0 Å². The van der Waals surface area contributed by atoms with Crippen LogP contribution in [-0.2, 0) is 4.79 Å². The smallest absolute Gasteiger partial charge is 0.267 e. The second-order valence-corrected chi connectivity index (χ2v) is 6.20. The van der Waals surface area contributed by atoms with E-state index in [-0.39, 0.29) is 11.5 Å². The molecular formula is C21H23N3O5. The number of nitrogens with one attached hydrogen (secondary N) is 1. The number of furan rings is 1. The van der Waals surface area contributed by atoms with Gasteiger partial charge in [0.25, 0.3) is 5.56 Å². The van der Waals surface area contributed by atoms with E-state index in [0.29, 0.717) is 37.0 Å². The lowest BCUT2D eigenvalue weighted by Crippen LogP contribution is -2.38. The Morgan fingerprint density at radius 2 is 1.86 bits per heavy atom. The summed E-state index contributed by atoms with van der Waals surface area (Å²) >= 11 is 0. The predicted octanol–water partition coefficient (Wildman–Crippen LogP) is 2.66. The first-order valence-electron chi connectivity index (χ1n) is 9.35. The third kappa shape index (κ3) is 5.25. The molecule has 29 heavy (non-hydrogen) atoms. The van der Waals surface area contributed by atoms with Gasteiger partial charge in [-0.15, -0.1) is 0 Å². The monoisotopic (exact) mass is 397 g/mol. The molecule has 8 heteroatoms. The highest BCUT2D eigenvalue weighted by molar-refractivity contribution is 5.79. The molecule has 0 spiro atoms. The minimum atomic E-state index is -0.775. The SMILES string of the molecule is CCOc1ccc(OCCNC(=O)C(C)n2nc(-c3ccco3)ccc2=O)cc1. The average Bonchev–Trinajstić information content (AvgIpc) is 3.27. The Hall–Kier alpha value is -3.55. The summed E-state index contributed by atoms with van der Waals surface area (Å²) in [6.07, 6.45) is 1.52. The summed E-state index contributed by atoms with van der Waals surface area (Å²) in [5.41, 5.74) is 0.113. The van der Waals surface area contributed by atoms with E-state index in [0.717, 1.165) is 10.4 Å². The molecule has 0 radical (unpaired) electrons. The van der Waals surface area contributed by atoms with Crippen molar-refractivity contribution in [1.29, 1.82) is 0 Å². The van der Waals surface area contributed by atoms with Gasteiger partial charge in [-0.2, -0.15) is 5.10 Å². The number of carbonyl (C=O) groups excluding carboxylic acids is 1. The van der Waals surface area contributed by atoms with Gasteiger partial charge >= 0.3 is 0 Å². The zero-order chi connectivity index (χ0) is 20.6. The summed E-state index contributed by atoms with van der Waals surface area (Å²) in [7, 11) is 0. The quantitative estimate of drug-likeness (QED) is 0.558. The lowest BCUT2D eigenvalue weighted by atomic mass is 10.3. The molecule has 1 amide bonds. The van der Waals surface area contributed by atoms with E-state index in [4.69, 9.17) is 13.9 Å². The molecule has 0 saturated carbocycles. The van der Waals surface area contributed by atoms with Gasteiger partial charge in [0.05, 0.1) is 19.4 Å². The van der Waals surface area contributed by atoms with Crippen LogP contribution < -0.4 is 20.3 Å². The van der Waals surface area contributed by atoms with Crippen molar-refractivity contribution < 1.29 is 18.7 Å². The van der Waals surface area contributed by atoms with Gasteiger partial charge in [-0.1, -0.05) is 0 Å². The minimum absolute atomic E-state index is 0.293. The number of hydrogen-bond acceptors (Lipinski definition) is 6. The van der Waals surface area contributed by atoms with Crippen molar-refractivity contribution in [3.63, 3.8) is 0 Å². The molecule has 3 rings (SSSR count). The van der Waals surface area contributed by atoms with Crippen LogP contribution in [0.3, 0.4) is 0 Å². The number of rotatable bonds is 9. The van der Waals surface area contributed by atoms with E-state index in [2.05, 4.69) is 10.4 Å². The largest absolute Gasteiger partial charge is 0.494 e. The maximum Gasteiger partial charge on any atom is 0.267 e. The Kier molecular flexibility index (Phi) is 6.67. The minimum Gasteiger partial charge on any atom is -0.494 e. The summed E-state index contributed by atoms with van der Waals surface area (Å²) in [6, 6.07) is 12.9. The first kappa shape index (κ1) is 20.2. The summed E-state index contributed by atoms with van der Waals surface area (Å²) in [6.45, 7) is 4.73. The van der Waals surface area contributed by atoms with Gasteiger partial charge in [-0.25, -0.2) is 4.68 Å². The van der Waals surface area contributed by atoms with Gasteiger partial charge in [-0.3, -0.25) is 9.59 Å². The molecule has 0 aliphatic heterocycles. The summed E-state index contributed by atoms with van der Waals surface area (Å²) < 4.78 is 17.4. The zero-order valence-corrected chi connectivity index (χ0v) is 16.3. The molecule has 2 aromatic heterocycles. The highest BCUT2D eigenvalue weighted by Gasteiger charge is 2.18. The average molecular weight is 397 g/mol. The molecule has 1 unspecified atom stereocenters. The molecule has 8 nitrogen and oxygen atoms in total. The Balaban J connectivity index is 1.53. The van der Waals surface area contributed by atoms with Crippen LogP contribution in [0.15, 0.2) is 64.0 Å². The lowest BCUT2D eigenvalue weighted by molar-refractivity contribution is -0.124. The normalized spacial score (nSPS) is 11.7. The van der Waals surface area contributed by atoms with Crippen molar-refractivity contribution in [2.75, 3.05) is 19.8 Å². The molecule has 1 atom stereocenters. The molecule has 0 aliphatic rings. The summed E-state index contributed by atoms with van der Waals surface area (Å²) in [4.78, 5) is 24.5. The molecule has 1 N–H and O–H groups in total. The Bertz CT molecular complexity index is 980. The van der Waals surface area contributed by atoms with Gasteiger partial charge < -0.3 is 19.2 Å². The maximum atomic E-state index is 12.4. The topological polar surface area (TPSA) is 95.6 Å². The van der Waals surface area contributed by atoms with E-state index < -0.39 is 6.04 Å². The summed E-state index contributed by atoms with van der Waals surface area (Å²) in [5.74, 6) is 1.65. The number of hydrogen-bond donors (Lipinski definition) is 1. The van der Waals surface area contributed by atoms with Crippen molar-refractivity contribution in [1.82, 2.24) is 15.1 Å². The van der Waals surface area contributed by atoms with E-state index in [1.54, 1.807) is 37.3 Å². The first-order valence-corrected chi connectivity index (χ1v) is 9.35. The molecular weight excluding hydrogens is 374 g/mol. The number of nitrogens with zero attached hydrogens (tertiary/aromatic N) is 2. The third-order valence-electron chi connectivity index (χ3n) is 4.15. The molecule has 0 saturated heterocycles. The van der Waals surface area contributed by atoms with Crippen LogP contribution in [0, 0.1) is 0 Å². The second kappa shape index (κ2) is 9.59. The van der Waals surface area contributed by atoms with E-state index in [9.17, 15) is 9.59 Å². The molecule has 152 valence electrons. The van der Waals surface area contributed by atoms with Crippen molar-refractivity contribution in [2.24, 2.45) is 0 Å². The Morgan fingerprint density at radius 1 is 1.14 bits per heavy atom. The molecule has 0 aliphatic carbocycles. The third-order valence-corrected chi connectivity index (χ3v) is 4.15. The van der Waals surface area contributed by atoms with Crippen LogP contribution in [0.5, 0.6) is 11.5 Å². The van der Waals surface area contributed by atoms with Gasteiger partial charge in [0.1, 0.15) is 29.8 Å². The molecule has 0 fully saturated rings. The molecule has 1 aromatic carbocycles. The van der Waals surface area contributed by atoms with Crippen molar-refractivity contribution in [3.8, 4) is 23.0 Å². The van der Waals surface area contributed by atoms with Gasteiger partial charge in [0, 0.05) is 6.07 Å². The van der Waals surface area contributed by atoms with Crippen LogP contribution in [0.4, 0.5) is 0 Å². The number of ether oxygens (including phenoxy) is 2. The maximum absolute atomic E-state index is 12.4. The van der Waals surface area contributed by atoms with Crippen LogP contribution in [0.25, 0.3) is 11.5 Å². The van der Waals surface area contributed by atoms with Gasteiger partial charge in [0.15, 0.2) is 5.76 Å². The number of amides is 1. The second-order valence-electron chi connectivity index (χ2n) is 6.20. The summed E-state index contributed by atoms with van der Waals surface area (Å²) in [5, 5.41) is 6.99. The lowest BCUT2D eigenvalue weighted by Gasteiger charge is -2.15. The zero-order valence-electron chi connectivity index (χ0n) is 16.3. The molecule has 0 bridgehead atoms.